The molecule has 0 aromatic rings. The summed E-state index contributed by atoms with van der Waals surface area (Å²) in [5.74, 6) is -0.240. The fourth-order valence-corrected chi connectivity index (χ4v) is 4.79. The number of carbonyl (C=O) groups excluding carboxylic acids is 1. The van der Waals surface area contributed by atoms with Crippen LogP contribution in [0.15, 0.2) is 24.5 Å². The molecule has 36 heavy (non-hydrogen) atoms. The second kappa shape index (κ2) is 32.0. The number of carbonyl (C=O) groups is 1. The smallest absolute Gasteiger partial charge is 0.335 e. The zero-order valence-electron chi connectivity index (χ0n) is 24.7. The van der Waals surface area contributed by atoms with Gasteiger partial charge < -0.3 is 4.74 Å². The normalized spacial score (nSPS) is 11.7. The van der Waals surface area contributed by atoms with E-state index in [0.29, 0.717) is 0 Å². The number of rotatable bonds is 29. The minimum Gasteiger partial charge on any atom is -0.432 e. The average Bonchev–Trinajstić information content (AvgIpc) is 2.88. The lowest BCUT2D eigenvalue weighted by Crippen LogP contribution is -1.93. The van der Waals surface area contributed by atoms with Gasteiger partial charge in [-0.2, -0.15) is 0 Å². The molecule has 0 aliphatic heterocycles. The van der Waals surface area contributed by atoms with Crippen molar-refractivity contribution in [1.29, 1.82) is 0 Å². The summed E-state index contributed by atoms with van der Waals surface area (Å²) < 4.78 is 5.16. The molecule has 0 aliphatic carbocycles. The number of hydrogen-bond donors (Lipinski definition) is 0. The van der Waals surface area contributed by atoms with Crippen LogP contribution in [0, 0.1) is 0 Å². The van der Waals surface area contributed by atoms with Crippen LogP contribution in [0.25, 0.3) is 0 Å². The lowest BCUT2D eigenvalue weighted by molar-refractivity contribution is -0.132. The summed E-state index contributed by atoms with van der Waals surface area (Å²) in [5.41, 5.74) is 0. The lowest BCUT2D eigenvalue weighted by Gasteiger charge is -2.02. The Morgan fingerprint density at radius 1 is 0.444 bits per heavy atom. The molecular formula is C34H64O2. The SMILES string of the molecule is CCCCCCCCCCCCCC=CC(=O)OC=CCCCCCCCCCCCCCCCC. The zero-order valence-corrected chi connectivity index (χ0v) is 24.7. The monoisotopic (exact) mass is 504 g/mol. The quantitative estimate of drug-likeness (QED) is 0.0438. The Morgan fingerprint density at radius 2 is 0.750 bits per heavy atom. The van der Waals surface area contributed by atoms with E-state index >= 15 is 0 Å². The van der Waals surface area contributed by atoms with Crippen LogP contribution in [-0.2, 0) is 9.53 Å². The van der Waals surface area contributed by atoms with Gasteiger partial charge in [-0.25, -0.2) is 4.79 Å². The summed E-state index contributed by atoms with van der Waals surface area (Å²) in [6.45, 7) is 4.56. The van der Waals surface area contributed by atoms with E-state index in [-0.39, 0.29) is 5.97 Å². The van der Waals surface area contributed by atoms with Crippen molar-refractivity contribution in [3.63, 3.8) is 0 Å². The molecule has 0 amide bonds. The average molecular weight is 505 g/mol. The summed E-state index contributed by atoms with van der Waals surface area (Å²) in [4.78, 5) is 11.7. The Hall–Kier alpha value is -1.05. The maximum Gasteiger partial charge on any atom is 0.335 e. The summed E-state index contributed by atoms with van der Waals surface area (Å²) in [6, 6.07) is 0. The van der Waals surface area contributed by atoms with Crippen LogP contribution >= 0.6 is 0 Å². The van der Waals surface area contributed by atoms with Gasteiger partial charge in [0.05, 0.1) is 6.26 Å². The first-order chi connectivity index (χ1) is 17.8. The fraction of sp³-hybridized carbons (Fsp3) is 0.853. The number of hydrogen-bond acceptors (Lipinski definition) is 2. The molecule has 0 rings (SSSR count). The van der Waals surface area contributed by atoms with Gasteiger partial charge in [-0.3, -0.25) is 0 Å². The van der Waals surface area contributed by atoms with Crippen LogP contribution in [0.5, 0.6) is 0 Å². The van der Waals surface area contributed by atoms with Crippen LogP contribution in [-0.4, -0.2) is 5.97 Å². The van der Waals surface area contributed by atoms with Gasteiger partial charge in [0, 0.05) is 6.08 Å². The maximum absolute atomic E-state index is 11.7. The van der Waals surface area contributed by atoms with Gasteiger partial charge in [0.1, 0.15) is 0 Å². The Labute approximate surface area is 227 Å². The van der Waals surface area contributed by atoms with E-state index in [1.807, 2.05) is 12.2 Å². The van der Waals surface area contributed by atoms with Crippen molar-refractivity contribution in [3.05, 3.63) is 24.5 Å². The van der Waals surface area contributed by atoms with Gasteiger partial charge in [0.25, 0.3) is 0 Å². The molecule has 0 saturated heterocycles. The van der Waals surface area contributed by atoms with E-state index in [9.17, 15) is 4.79 Å². The van der Waals surface area contributed by atoms with Crippen LogP contribution in [0.3, 0.4) is 0 Å². The lowest BCUT2D eigenvalue weighted by atomic mass is 10.0. The predicted octanol–water partition coefficient (Wildman–Crippen LogP) is 12.2. The molecule has 212 valence electrons. The highest BCUT2D eigenvalue weighted by Crippen LogP contribution is 2.14. The molecule has 0 bridgehead atoms. The first kappa shape index (κ1) is 35.0. The molecule has 0 aromatic heterocycles. The summed E-state index contributed by atoms with van der Waals surface area (Å²) in [6.07, 6.45) is 43.4. The zero-order chi connectivity index (χ0) is 26.2. The van der Waals surface area contributed by atoms with Crippen molar-refractivity contribution in [2.45, 2.75) is 187 Å². The second-order valence-electron chi connectivity index (χ2n) is 10.9. The molecular weight excluding hydrogens is 440 g/mol. The van der Waals surface area contributed by atoms with Gasteiger partial charge in [-0.15, -0.1) is 0 Å². The van der Waals surface area contributed by atoms with Gasteiger partial charge in [0.2, 0.25) is 0 Å². The minimum atomic E-state index is -0.240. The third-order valence-corrected chi connectivity index (χ3v) is 7.23. The van der Waals surface area contributed by atoms with Crippen molar-refractivity contribution in [3.8, 4) is 0 Å². The molecule has 0 N–H and O–H groups in total. The second-order valence-corrected chi connectivity index (χ2v) is 10.9. The number of allylic oxidation sites excluding steroid dienone is 2. The van der Waals surface area contributed by atoms with Crippen LogP contribution in [0.1, 0.15) is 187 Å². The van der Waals surface area contributed by atoms with Crippen LogP contribution in [0.4, 0.5) is 0 Å². The topological polar surface area (TPSA) is 26.3 Å². The predicted molar refractivity (Wildman–Crippen MR) is 160 cm³/mol. The number of ether oxygens (including phenoxy) is 1. The highest BCUT2D eigenvalue weighted by atomic mass is 16.5. The van der Waals surface area contributed by atoms with E-state index in [1.54, 1.807) is 12.3 Å². The Balaban J connectivity index is 3.29. The van der Waals surface area contributed by atoms with Crippen molar-refractivity contribution < 1.29 is 9.53 Å². The maximum atomic E-state index is 11.7. The van der Waals surface area contributed by atoms with Gasteiger partial charge in [0.15, 0.2) is 0 Å². The molecule has 0 spiro atoms. The molecule has 0 saturated carbocycles. The van der Waals surface area contributed by atoms with Gasteiger partial charge >= 0.3 is 5.97 Å². The number of esters is 1. The number of unbranched alkanes of at least 4 members (excludes halogenated alkanes) is 25. The molecule has 0 fully saturated rings. The van der Waals surface area contributed by atoms with Crippen molar-refractivity contribution in [2.75, 3.05) is 0 Å². The highest BCUT2D eigenvalue weighted by molar-refractivity contribution is 5.82. The molecule has 0 aliphatic rings. The van der Waals surface area contributed by atoms with E-state index in [4.69, 9.17) is 4.74 Å². The van der Waals surface area contributed by atoms with E-state index in [1.165, 1.54) is 161 Å². The minimum absolute atomic E-state index is 0.240. The first-order valence-electron chi connectivity index (χ1n) is 16.3. The molecule has 2 nitrogen and oxygen atoms in total. The first-order valence-corrected chi connectivity index (χ1v) is 16.3. The molecule has 0 radical (unpaired) electrons. The van der Waals surface area contributed by atoms with Crippen molar-refractivity contribution in [1.82, 2.24) is 0 Å². The molecule has 2 heteroatoms. The molecule has 0 unspecified atom stereocenters. The largest absolute Gasteiger partial charge is 0.432 e. The summed E-state index contributed by atoms with van der Waals surface area (Å²) >= 11 is 0. The third kappa shape index (κ3) is 31.0. The molecule has 0 aromatic carbocycles. The molecule has 0 heterocycles. The van der Waals surface area contributed by atoms with Crippen molar-refractivity contribution in [2.24, 2.45) is 0 Å². The Kier molecular flexibility index (Phi) is 31.0. The Morgan fingerprint density at radius 3 is 1.11 bits per heavy atom. The van der Waals surface area contributed by atoms with Crippen LogP contribution in [0.2, 0.25) is 0 Å². The highest BCUT2D eigenvalue weighted by Gasteiger charge is 1.96. The fourth-order valence-electron chi connectivity index (χ4n) is 4.79. The van der Waals surface area contributed by atoms with E-state index in [2.05, 4.69) is 13.8 Å². The third-order valence-electron chi connectivity index (χ3n) is 7.23. The van der Waals surface area contributed by atoms with Gasteiger partial charge in [-0.1, -0.05) is 168 Å². The van der Waals surface area contributed by atoms with Crippen LogP contribution < -0.4 is 0 Å². The van der Waals surface area contributed by atoms with Gasteiger partial charge in [-0.05, 0) is 31.8 Å². The Bertz CT molecular complexity index is 480. The van der Waals surface area contributed by atoms with E-state index in [0.717, 1.165) is 12.8 Å². The van der Waals surface area contributed by atoms with Crippen molar-refractivity contribution >= 4 is 5.97 Å². The molecule has 0 atom stereocenters. The van der Waals surface area contributed by atoms with E-state index < -0.39 is 0 Å². The summed E-state index contributed by atoms with van der Waals surface area (Å²) in [5, 5.41) is 0. The summed E-state index contributed by atoms with van der Waals surface area (Å²) in [7, 11) is 0. The standard InChI is InChI=1S/C34H64O2/c1-3-5-7-9-11-13-15-17-18-19-21-23-25-27-29-31-33-36-34(35)32-30-28-26-24-22-20-16-14-12-10-8-6-4-2/h30-33H,3-29H2,1-2H3.